The first-order valence-electron chi connectivity index (χ1n) is 7.14. The molecule has 1 aliphatic rings. The van der Waals surface area contributed by atoms with Crippen molar-refractivity contribution in [3.05, 3.63) is 29.3 Å². The van der Waals surface area contributed by atoms with Crippen molar-refractivity contribution in [3.8, 4) is 5.75 Å². The minimum Gasteiger partial charge on any atom is -0.496 e. The molecule has 0 aromatic heterocycles. The third-order valence-corrected chi connectivity index (χ3v) is 4.02. The van der Waals surface area contributed by atoms with E-state index < -0.39 is 0 Å². The van der Waals surface area contributed by atoms with Crippen LogP contribution < -0.4 is 10.1 Å². The molecule has 0 radical (unpaired) electrons. The monoisotopic (exact) mass is 276 g/mol. The van der Waals surface area contributed by atoms with Crippen LogP contribution in [0.3, 0.4) is 0 Å². The second-order valence-electron chi connectivity index (χ2n) is 5.71. The summed E-state index contributed by atoms with van der Waals surface area (Å²) in [5, 5.41) is 3.29. The molecule has 20 heavy (non-hydrogen) atoms. The highest BCUT2D eigenvalue weighted by Gasteiger charge is 2.31. The van der Waals surface area contributed by atoms with Crippen LogP contribution in [0.1, 0.15) is 24.5 Å². The highest BCUT2D eigenvalue weighted by atomic mass is 16.5. The first-order chi connectivity index (χ1) is 9.52. The molecule has 1 heterocycles. The Morgan fingerprint density at radius 2 is 2.25 bits per heavy atom. The normalized spacial score (nSPS) is 21.8. The molecule has 110 valence electrons. The first kappa shape index (κ1) is 14.9. The van der Waals surface area contributed by atoms with E-state index in [1.807, 2.05) is 26.1 Å². The molecule has 1 fully saturated rings. The van der Waals surface area contributed by atoms with Gasteiger partial charge in [0.1, 0.15) is 5.75 Å². The number of ether oxygens (including phenoxy) is 1. The van der Waals surface area contributed by atoms with Gasteiger partial charge in [-0.25, -0.2) is 0 Å². The van der Waals surface area contributed by atoms with Crippen molar-refractivity contribution in [1.29, 1.82) is 0 Å². The standard InChI is InChI=1S/C16H24N2O2/c1-11-5-6-14(20-4)13(9-11)10-18(3)16(19)15-12(2)7-8-17-15/h5-6,9,12,15,17H,7-8,10H2,1-4H3. The summed E-state index contributed by atoms with van der Waals surface area (Å²) in [6, 6.07) is 6.01. The van der Waals surface area contributed by atoms with E-state index >= 15 is 0 Å². The van der Waals surface area contributed by atoms with Crippen LogP contribution in [0.2, 0.25) is 0 Å². The van der Waals surface area contributed by atoms with Crippen LogP contribution in [0.25, 0.3) is 0 Å². The van der Waals surface area contributed by atoms with E-state index in [2.05, 4.69) is 18.3 Å². The van der Waals surface area contributed by atoms with Gasteiger partial charge in [0.25, 0.3) is 0 Å². The smallest absolute Gasteiger partial charge is 0.240 e. The molecule has 1 aromatic carbocycles. The SMILES string of the molecule is COc1ccc(C)cc1CN(C)C(=O)C1NCCC1C. The number of benzene rings is 1. The third-order valence-electron chi connectivity index (χ3n) is 4.02. The van der Waals surface area contributed by atoms with Crippen LogP contribution >= 0.6 is 0 Å². The summed E-state index contributed by atoms with van der Waals surface area (Å²) in [4.78, 5) is 14.3. The number of methoxy groups -OCH3 is 1. The van der Waals surface area contributed by atoms with Crippen LogP contribution in [0, 0.1) is 12.8 Å². The highest BCUT2D eigenvalue weighted by Crippen LogP contribution is 2.22. The van der Waals surface area contributed by atoms with Gasteiger partial charge in [-0.1, -0.05) is 24.6 Å². The Labute approximate surface area is 121 Å². The lowest BCUT2D eigenvalue weighted by Crippen LogP contribution is -2.43. The quantitative estimate of drug-likeness (QED) is 0.914. The van der Waals surface area contributed by atoms with Crippen LogP contribution in [0.15, 0.2) is 18.2 Å². The largest absolute Gasteiger partial charge is 0.496 e. The summed E-state index contributed by atoms with van der Waals surface area (Å²) in [5.74, 6) is 1.41. The minimum atomic E-state index is -0.0456. The van der Waals surface area contributed by atoms with Crippen molar-refractivity contribution < 1.29 is 9.53 Å². The molecule has 1 N–H and O–H groups in total. The van der Waals surface area contributed by atoms with Gasteiger partial charge < -0.3 is 15.0 Å². The second-order valence-corrected chi connectivity index (χ2v) is 5.71. The summed E-state index contributed by atoms with van der Waals surface area (Å²) in [6.45, 7) is 5.68. The summed E-state index contributed by atoms with van der Waals surface area (Å²) in [5.41, 5.74) is 2.23. The van der Waals surface area contributed by atoms with Crippen LogP contribution in [-0.4, -0.2) is 37.6 Å². The van der Waals surface area contributed by atoms with Crippen LogP contribution in [0.4, 0.5) is 0 Å². The van der Waals surface area contributed by atoms with E-state index in [9.17, 15) is 4.79 Å². The van der Waals surface area contributed by atoms with Gasteiger partial charge in [0.2, 0.25) is 5.91 Å². The summed E-state index contributed by atoms with van der Waals surface area (Å²) < 4.78 is 5.37. The molecular weight excluding hydrogens is 252 g/mol. The van der Waals surface area contributed by atoms with Gasteiger partial charge in [0, 0.05) is 19.2 Å². The fraction of sp³-hybridized carbons (Fsp3) is 0.562. The minimum absolute atomic E-state index is 0.0456. The fourth-order valence-electron chi connectivity index (χ4n) is 2.77. The Hall–Kier alpha value is -1.55. The van der Waals surface area contributed by atoms with Crippen molar-refractivity contribution in [1.82, 2.24) is 10.2 Å². The van der Waals surface area contributed by atoms with Gasteiger partial charge in [-0.3, -0.25) is 4.79 Å². The van der Waals surface area contributed by atoms with Crippen molar-refractivity contribution in [3.63, 3.8) is 0 Å². The lowest BCUT2D eigenvalue weighted by Gasteiger charge is -2.24. The average molecular weight is 276 g/mol. The third kappa shape index (κ3) is 3.12. The average Bonchev–Trinajstić information content (AvgIpc) is 2.84. The number of carbonyl (C=O) groups is 1. The maximum Gasteiger partial charge on any atom is 0.240 e. The van der Waals surface area contributed by atoms with Crippen molar-refractivity contribution in [2.24, 2.45) is 5.92 Å². The van der Waals surface area contributed by atoms with E-state index in [0.717, 1.165) is 24.3 Å². The number of carbonyl (C=O) groups excluding carboxylic acids is 1. The molecule has 1 aliphatic heterocycles. The molecule has 0 bridgehead atoms. The number of rotatable bonds is 4. The van der Waals surface area contributed by atoms with E-state index in [1.54, 1.807) is 12.0 Å². The second kappa shape index (κ2) is 6.27. The molecule has 0 aliphatic carbocycles. The Balaban J connectivity index is 2.09. The lowest BCUT2D eigenvalue weighted by molar-refractivity contribution is -0.133. The number of amides is 1. The van der Waals surface area contributed by atoms with Gasteiger partial charge >= 0.3 is 0 Å². The molecule has 0 saturated carbocycles. The molecule has 2 atom stereocenters. The van der Waals surface area contributed by atoms with E-state index in [1.165, 1.54) is 5.56 Å². The lowest BCUT2D eigenvalue weighted by atomic mass is 10.0. The fourth-order valence-corrected chi connectivity index (χ4v) is 2.77. The zero-order chi connectivity index (χ0) is 14.7. The van der Waals surface area contributed by atoms with Gasteiger partial charge in [-0.2, -0.15) is 0 Å². The first-order valence-corrected chi connectivity index (χ1v) is 7.14. The van der Waals surface area contributed by atoms with Crippen molar-refractivity contribution in [2.45, 2.75) is 32.9 Å². The molecule has 1 amide bonds. The Kier molecular flexibility index (Phi) is 4.65. The maximum absolute atomic E-state index is 12.5. The van der Waals surface area contributed by atoms with Crippen LogP contribution in [0.5, 0.6) is 5.75 Å². The molecule has 4 heteroatoms. The predicted molar refractivity (Wildman–Crippen MR) is 79.8 cm³/mol. The highest BCUT2D eigenvalue weighted by molar-refractivity contribution is 5.82. The van der Waals surface area contributed by atoms with E-state index in [-0.39, 0.29) is 11.9 Å². The number of nitrogens with zero attached hydrogens (tertiary/aromatic N) is 1. The molecular formula is C16H24N2O2. The van der Waals surface area contributed by atoms with Crippen molar-refractivity contribution >= 4 is 5.91 Å². The molecule has 1 saturated heterocycles. The topological polar surface area (TPSA) is 41.6 Å². The number of likely N-dealkylation sites (N-methyl/N-ethyl adjacent to an activating group) is 1. The zero-order valence-electron chi connectivity index (χ0n) is 12.8. The van der Waals surface area contributed by atoms with E-state index in [4.69, 9.17) is 4.74 Å². The predicted octanol–water partition coefficient (Wildman–Crippen LogP) is 1.96. The Bertz CT molecular complexity index is 487. The number of aryl methyl sites for hydroxylation is 1. The van der Waals surface area contributed by atoms with Gasteiger partial charge in [-0.05, 0) is 31.9 Å². The molecule has 4 nitrogen and oxygen atoms in total. The van der Waals surface area contributed by atoms with E-state index in [0.29, 0.717) is 12.5 Å². The number of hydrogen-bond donors (Lipinski definition) is 1. The molecule has 0 spiro atoms. The summed E-state index contributed by atoms with van der Waals surface area (Å²) in [6.07, 6.45) is 1.07. The molecule has 1 aromatic rings. The molecule has 2 rings (SSSR count). The maximum atomic E-state index is 12.5. The Morgan fingerprint density at radius 1 is 1.50 bits per heavy atom. The van der Waals surface area contributed by atoms with Crippen molar-refractivity contribution in [2.75, 3.05) is 20.7 Å². The number of nitrogens with one attached hydrogen (secondary N) is 1. The summed E-state index contributed by atoms with van der Waals surface area (Å²) >= 11 is 0. The van der Waals surface area contributed by atoms with Gasteiger partial charge in [0.05, 0.1) is 13.2 Å². The number of hydrogen-bond acceptors (Lipinski definition) is 3. The Morgan fingerprint density at radius 3 is 2.85 bits per heavy atom. The summed E-state index contributed by atoms with van der Waals surface area (Å²) in [7, 11) is 3.52. The van der Waals surface area contributed by atoms with Crippen LogP contribution in [-0.2, 0) is 11.3 Å². The molecule has 2 unspecified atom stereocenters. The van der Waals surface area contributed by atoms with Gasteiger partial charge in [0.15, 0.2) is 0 Å². The van der Waals surface area contributed by atoms with Gasteiger partial charge in [-0.15, -0.1) is 0 Å². The zero-order valence-corrected chi connectivity index (χ0v) is 12.8.